The van der Waals surface area contributed by atoms with Crippen molar-refractivity contribution >= 4 is 22.4 Å². The molecule has 1 aromatic rings. The summed E-state index contributed by atoms with van der Waals surface area (Å²) in [4.78, 5) is 0.161. The summed E-state index contributed by atoms with van der Waals surface area (Å²) in [6, 6.07) is 6.52. The zero-order chi connectivity index (χ0) is 12.0. The van der Waals surface area contributed by atoms with Crippen LogP contribution in [-0.4, -0.2) is 35.7 Å². The van der Waals surface area contributed by atoms with Crippen LogP contribution in [0.5, 0.6) is 5.75 Å². The van der Waals surface area contributed by atoms with Gasteiger partial charge in [0.2, 0.25) is 10.0 Å². The fourth-order valence-electron chi connectivity index (χ4n) is 1.23. The van der Waals surface area contributed by atoms with Gasteiger partial charge in [-0.3, -0.25) is 0 Å². The lowest BCUT2D eigenvalue weighted by Gasteiger charge is -2.09. The quantitative estimate of drug-likeness (QED) is 0.750. The van der Waals surface area contributed by atoms with Crippen LogP contribution in [0, 0.1) is 0 Å². The van der Waals surface area contributed by atoms with Crippen LogP contribution in [0.25, 0.3) is 0 Å². The van der Waals surface area contributed by atoms with E-state index in [9.17, 15) is 8.42 Å². The van der Waals surface area contributed by atoms with Gasteiger partial charge in [-0.1, -0.05) is 12.1 Å². The fraction of sp³-hybridized carbons (Fsp3) is 0.400. The average molecular weight is 281 g/mol. The van der Waals surface area contributed by atoms with Crippen molar-refractivity contribution in [2.24, 2.45) is 0 Å². The normalized spacial score (nSPS) is 10.7. The third-order valence-corrected chi connectivity index (χ3v) is 3.53. The molecule has 0 atom stereocenters. The first-order valence-corrected chi connectivity index (χ1v) is 6.37. The van der Waals surface area contributed by atoms with E-state index < -0.39 is 10.0 Å². The Labute approximate surface area is 108 Å². The van der Waals surface area contributed by atoms with Crippen LogP contribution >= 0.6 is 12.4 Å². The van der Waals surface area contributed by atoms with Crippen LogP contribution in [0.3, 0.4) is 0 Å². The van der Waals surface area contributed by atoms with E-state index in [0.717, 1.165) is 0 Å². The Balaban J connectivity index is 0.00000256. The molecule has 0 saturated heterocycles. The van der Waals surface area contributed by atoms with E-state index >= 15 is 0 Å². The summed E-state index contributed by atoms with van der Waals surface area (Å²) in [7, 11) is -0.283. The molecule has 0 aromatic heterocycles. The van der Waals surface area contributed by atoms with E-state index in [1.54, 1.807) is 25.2 Å². The minimum absolute atomic E-state index is 0. The number of hydrogen-bond acceptors (Lipinski definition) is 4. The van der Waals surface area contributed by atoms with Gasteiger partial charge < -0.3 is 10.1 Å². The molecule has 0 aliphatic rings. The molecule has 1 aromatic carbocycles. The predicted molar refractivity (Wildman–Crippen MR) is 69.4 cm³/mol. The number of ether oxygens (including phenoxy) is 1. The molecule has 0 radical (unpaired) electrons. The van der Waals surface area contributed by atoms with Gasteiger partial charge in [-0.2, -0.15) is 0 Å². The highest BCUT2D eigenvalue weighted by Crippen LogP contribution is 2.22. The second-order valence-electron chi connectivity index (χ2n) is 3.15. The van der Waals surface area contributed by atoms with Crippen LogP contribution in [-0.2, 0) is 10.0 Å². The van der Waals surface area contributed by atoms with Crippen molar-refractivity contribution in [2.45, 2.75) is 4.90 Å². The van der Waals surface area contributed by atoms with E-state index in [0.29, 0.717) is 18.8 Å². The zero-order valence-electron chi connectivity index (χ0n) is 9.76. The Morgan fingerprint density at radius 2 is 1.88 bits per heavy atom. The predicted octanol–water partition coefficient (Wildman–Crippen LogP) is 0.615. The Morgan fingerprint density at radius 3 is 2.47 bits per heavy atom. The molecule has 0 saturated carbocycles. The van der Waals surface area contributed by atoms with Crippen LogP contribution in [0.15, 0.2) is 29.2 Å². The van der Waals surface area contributed by atoms with Gasteiger partial charge in [-0.25, -0.2) is 13.1 Å². The first kappa shape index (κ1) is 16.2. The smallest absolute Gasteiger partial charge is 0.244 e. The maximum atomic E-state index is 11.9. The van der Waals surface area contributed by atoms with Gasteiger partial charge in [-0.15, -0.1) is 12.4 Å². The molecule has 0 fully saturated rings. The topological polar surface area (TPSA) is 67.4 Å². The SMILES string of the molecule is CNCCNS(=O)(=O)c1ccccc1OC.Cl. The molecule has 5 nitrogen and oxygen atoms in total. The van der Waals surface area contributed by atoms with Crippen LogP contribution in [0.4, 0.5) is 0 Å². The fourth-order valence-corrected chi connectivity index (χ4v) is 2.43. The molecule has 0 aliphatic carbocycles. The van der Waals surface area contributed by atoms with Gasteiger partial charge in [0.15, 0.2) is 0 Å². The number of rotatable bonds is 6. The van der Waals surface area contributed by atoms with Crippen molar-refractivity contribution in [1.82, 2.24) is 10.0 Å². The molecular formula is C10H17ClN2O3S. The molecule has 0 spiro atoms. The molecule has 0 heterocycles. The van der Waals surface area contributed by atoms with Crippen molar-refractivity contribution in [2.75, 3.05) is 27.2 Å². The summed E-state index contributed by atoms with van der Waals surface area (Å²) in [5.41, 5.74) is 0. The second-order valence-corrected chi connectivity index (χ2v) is 4.89. The first-order chi connectivity index (χ1) is 7.61. The van der Waals surface area contributed by atoms with Crippen LogP contribution in [0.1, 0.15) is 0 Å². The van der Waals surface area contributed by atoms with Crippen molar-refractivity contribution in [1.29, 1.82) is 0 Å². The summed E-state index contributed by atoms with van der Waals surface area (Å²) >= 11 is 0. The standard InChI is InChI=1S/C10H16N2O3S.ClH/c1-11-7-8-12-16(13,14)10-6-4-3-5-9(10)15-2;/h3-6,11-12H,7-8H2,1-2H3;1H. The Hall–Kier alpha value is -0.820. The first-order valence-electron chi connectivity index (χ1n) is 4.89. The number of nitrogens with one attached hydrogen (secondary N) is 2. The molecule has 0 aliphatic heterocycles. The molecule has 2 N–H and O–H groups in total. The summed E-state index contributed by atoms with van der Waals surface area (Å²) in [6.45, 7) is 0.922. The van der Waals surface area contributed by atoms with E-state index in [1.165, 1.54) is 13.2 Å². The Bertz CT molecular complexity index is 437. The highest BCUT2D eigenvalue weighted by Gasteiger charge is 2.17. The summed E-state index contributed by atoms with van der Waals surface area (Å²) in [5.74, 6) is 0.347. The summed E-state index contributed by atoms with van der Waals surface area (Å²) in [6.07, 6.45) is 0. The third kappa shape index (κ3) is 4.51. The average Bonchev–Trinajstić information content (AvgIpc) is 2.29. The lowest BCUT2D eigenvalue weighted by atomic mass is 10.3. The minimum atomic E-state index is -3.49. The number of methoxy groups -OCH3 is 1. The number of para-hydroxylation sites is 1. The maximum absolute atomic E-state index is 11.9. The van der Waals surface area contributed by atoms with Gasteiger partial charge in [-0.05, 0) is 19.2 Å². The second kappa shape index (κ2) is 7.50. The molecule has 1 rings (SSSR count). The largest absolute Gasteiger partial charge is 0.495 e. The number of sulfonamides is 1. The van der Waals surface area contributed by atoms with E-state index in [4.69, 9.17) is 4.74 Å². The van der Waals surface area contributed by atoms with Gasteiger partial charge in [0.05, 0.1) is 7.11 Å². The van der Waals surface area contributed by atoms with E-state index in [1.807, 2.05) is 0 Å². The van der Waals surface area contributed by atoms with Gasteiger partial charge in [0, 0.05) is 13.1 Å². The monoisotopic (exact) mass is 280 g/mol. The summed E-state index contributed by atoms with van der Waals surface area (Å²) < 4.78 is 31.2. The number of hydrogen-bond donors (Lipinski definition) is 2. The van der Waals surface area contributed by atoms with Gasteiger partial charge in [0.1, 0.15) is 10.6 Å². The Morgan fingerprint density at radius 1 is 1.24 bits per heavy atom. The molecule has 0 amide bonds. The lowest BCUT2D eigenvalue weighted by Crippen LogP contribution is -2.30. The van der Waals surface area contributed by atoms with E-state index in [2.05, 4.69) is 10.0 Å². The molecule has 7 heteroatoms. The van der Waals surface area contributed by atoms with E-state index in [-0.39, 0.29) is 17.3 Å². The third-order valence-electron chi connectivity index (χ3n) is 2.03. The van der Waals surface area contributed by atoms with Gasteiger partial charge in [0.25, 0.3) is 0 Å². The highest BCUT2D eigenvalue weighted by atomic mass is 35.5. The highest BCUT2D eigenvalue weighted by molar-refractivity contribution is 7.89. The lowest BCUT2D eigenvalue weighted by molar-refractivity contribution is 0.402. The van der Waals surface area contributed by atoms with Crippen molar-refractivity contribution in [3.8, 4) is 5.75 Å². The molecule has 98 valence electrons. The number of likely N-dealkylation sites (N-methyl/N-ethyl adjacent to an activating group) is 1. The number of halogens is 1. The van der Waals surface area contributed by atoms with Gasteiger partial charge >= 0.3 is 0 Å². The minimum Gasteiger partial charge on any atom is -0.495 e. The van der Waals surface area contributed by atoms with Crippen LogP contribution < -0.4 is 14.8 Å². The number of benzene rings is 1. The molecule has 17 heavy (non-hydrogen) atoms. The van der Waals surface area contributed by atoms with Crippen LogP contribution in [0.2, 0.25) is 0 Å². The van der Waals surface area contributed by atoms with Crippen molar-refractivity contribution in [3.63, 3.8) is 0 Å². The maximum Gasteiger partial charge on any atom is 0.244 e. The van der Waals surface area contributed by atoms with Crippen molar-refractivity contribution in [3.05, 3.63) is 24.3 Å². The van der Waals surface area contributed by atoms with Crippen molar-refractivity contribution < 1.29 is 13.2 Å². The molecular weight excluding hydrogens is 264 g/mol. The zero-order valence-corrected chi connectivity index (χ0v) is 11.4. The molecule has 0 bridgehead atoms. The molecule has 0 unspecified atom stereocenters. The summed E-state index contributed by atoms with van der Waals surface area (Å²) in [5, 5.41) is 2.86. The Kier molecular flexibility index (Phi) is 7.13.